The summed E-state index contributed by atoms with van der Waals surface area (Å²) in [5.41, 5.74) is 30.1. The van der Waals surface area contributed by atoms with Crippen molar-refractivity contribution in [3.05, 3.63) is 425 Å². The SMILES string of the molecule is c1ccc(-c2ccc(-c3ccccc3N(c3cccc(-c4cccc5oc6ccccc6c45)c3)c3cccc(-n4c5ccccc5c5cc(-c6cc7cc(-c8ccc(N(c9cccc(-c%10cccc%11oc%12ccccc%12c%10%11)c9)c9cccc(-n%10c%11ccccc%11c%11ccccc%11%10)c9)cc8)ccc7c7ccccc67)ccc54)c3)cc2)cc1. The molecule has 0 spiro atoms. The summed E-state index contributed by atoms with van der Waals surface area (Å²) in [5.74, 6) is 0. The molecule has 116 heavy (non-hydrogen) atoms. The first-order valence-electron chi connectivity index (χ1n) is 39.7. The van der Waals surface area contributed by atoms with Gasteiger partial charge < -0.3 is 27.8 Å². The number of aromatic nitrogens is 2. The Kier molecular flexibility index (Phi) is 15.5. The Labute approximate surface area is 669 Å². The third-order valence-electron chi connectivity index (χ3n) is 23.7. The largest absolute Gasteiger partial charge is 0.456 e. The van der Waals surface area contributed by atoms with Gasteiger partial charge in [0.15, 0.2) is 0 Å². The molecule has 23 aromatic rings. The van der Waals surface area contributed by atoms with Gasteiger partial charge in [0.05, 0.1) is 27.8 Å². The minimum absolute atomic E-state index is 0.868. The number of furan rings is 2. The summed E-state index contributed by atoms with van der Waals surface area (Å²) < 4.78 is 17.8. The Balaban J connectivity index is 0.625. The Morgan fingerprint density at radius 2 is 0.578 bits per heavy atom. The molecule has 0 aliphatic rings. The van der Waals surface area contributed by atoms with Crippen LogP contribution in [0.5, 0.6) is 0 Å². The molecule has 19 aromatic carbocycles. The average molecular weight is 1480 g/mol. The van der Waals surface area contributed by atoms with Crippen LogP contribution in [0.25, 0.3) is 187 Å². The normalized spacial score (nSPS) is 11.8. The molecule has 0 aliphatic heterocycles. The van der Waals surface area contributed by atoms with Crippen LogP contribution >= 0.6 is 0 Å². The van der Waals surface area contributed by atoms with E-state index in [1.54, 1.807) is 0 Å². The highest BCUT2D eigenvalue weighted by atomic mass is 16.3. The van der Waals surface area contributed by atoms with Crippen molar-refractivity contribution in [1.29, 1.82) is 0 Å². The van der Waals surface area contributed by atoms with Crippen LogP contribution in [0.15, 0.2) is 433 Å². The van der Waals surface area contributed by atoms with E-state index in [2.05, 4.69) is 431 Å². The maximum absolute atomic E-state index is 6.47. The highest BCUT2D eigenvalue weighted by Crippen LogP contribution is 2.49. The molecule has 0 saturated carbocycles. The maximum Gasteiger partial charge on any atom is 0.136 e. The van der Waals surface area contributed by atoms with E-state index in [9.17, 15) is 0 Å². The summed E-state index contributed by atoms with van der Waals surface area (Å²) in [6.07, 6.45) is 0. The predicted octanol–water partition coefficient (Wildman–Crippen LogP) is 30.9. The lowest BCUT2D eigenvalue weighted by Gasteiger charge is -2.29. The van der Waals surface area contributed by atoms with Crippen molar-refractivity contribution in [3.8, 4) is 78.1 Å². The lowest BCUT2D eigenvalue weighted by atomic mass is 9.91. The molecule has 0 atom stereocenters. The van der Waals surface area contributed by atoms with Gasteiger partial charge in [-0.2, -0.15) is 0 Å². The molecule has 6 nitrogen and oxygen atoms in total. The van der Waals surface area contributed by atoms with E-state index in [0.29, 0.717) is 0 Å². The van der Waals surface area contributed by atoms with Crippen LogP contribution in [0.4, 0.5) is 34.1 Å². The fourth-order valence-electron chi connectivity index (χ4n) is 18.4. The van der Waals surface area contributed by atoms with Gasteiger partial charge in [-0.3, -0.25) is 0 Å². The smallest absolute Gasteiger partial charge is 0.136 e. The van der Waals surface area contributed by atoms with Crippen LogP contribution in [0, 0.1) is 0 Å². The molecular formula is C110H70N4O2. The van der Waals surface area contributed by atoms with Gasteiger partial charge in [0.2, 0.25) is 0 Å². The lowest BCUT2D eigenvalue weighted by Crippen LogP contribution is -2.12. The zero-order chi connectivity index (χ0) is 76.3. The number of hydrogen-bond acceptors (Lipinski definition) is 4. The zero-order valence-electron chi connectivity index (χ0n) is 63.0. The molecule has 542 valence electrons. The highest BCUT2D eigenvalue weighted by molar-refractivity contribution is 6.18. The van der Waals surface area contributed by atoms with Gasteiger partial charge in [0, 0.05) is 88.5 Å². The van der Waals surface area contributed by atoms with E-state index in [0.717, 1.165) is 150 Å². The maximum atomic E-state index is 6.47. The van der Waals surface area contributed by atoms with E-state index in [-0.39, 0.29) is 0 Å². The Bertz CT molecular complexity index is 7800. The van der Waals surface area contributed by atoms with Crippen LogP contribution in [0.3, 0.4) is 0 Å². The quantitative estimate of drug-likeness (QED) is 0.102. The second-order valence-corrected chi connectivity index (χ2v) is 30.2. The van der Waals surface area contributed by atoms with Gasteiger partial charge in [0.25, 0.3) is 0 Å². The van der Waals surface area contributed by atoms with Gasteiger partial charge >= 0.3 is 0 Å². The average Bonchev–Trinajstić information content (AvgIpc) is 1.54. The number of benzene rings is 19. The zero-order valence-corrected chi connectivity index (χ0v) is 63.0. The van der Waals surface area contributed by atoms with Crippen molar-refractivity contribution in [2.75, 3.05) is 9.80 Å². The van der Waals surface area contributed by atoms with E-state index < -0.39 is 0 Å². The summed E-state index contributed by atoms with van der Waals surface area (Å²) in [6.45, 7) is 0. The molecule has 0 unspecified atom stereocenters. The number of fused-ring (bicyclic) bond motifs is 15. The van der Waals surface area contributed by atoms with Crippen molar-refractivity contribution in [2.45, 2.75) is 0 Å². The van der Waals surface area contributed by atoms with Crippen molar-refractivity contribution in [2.24, 2.45) is 0 Å². The Hall–Kier alpha value is -15.5. The van der Waals surface area contributed by atoms with Gasteiger partial charge in [-0.15, -0.1) is 0 Å². The topological polar surface area (TPSA) is 42.6 Å². The number of nitrogens with zero attached hydrogens (tertiary/aromatic N) is 4. The number of rotatable bonds is 14. The van der Waals surface area contributed by atoms with Crippen molar-refractivity contribution in [3.63, 3.8) is 0 Å². The first-order chi connectivity index (χ1) is 57.5. The van der Waals surface area contributed by atoms with Crippen LogP contribution in [-0.4, -0.2) is 9.13 Å². The molecule has 6 heteroatoms. The third-order valence-corrected chi connectivity index (χ3v) is 23.7. The molecule has 0 amide bonds. The van der Waals surface area contributed by atoms with Gasteiger partial charge in [-0.25, -0.2) is 0 Å². The number of anilines is 6. The molecule has 0 aliphatic carbocycles. The van der Waals surface area contributed by atoms with Crippen LogP contribution in [-0.2, 0) is 0 Å². The first-order valence-corrected chi connectivity index (χ1v) is 39.7. The minimum atomic E-state index is 0.868. The molecule has 4 heterocycles. The van der Waals surface area contributed by atoms with Crippen molar-refractivity contribution < 1.29 is 8.83 Å². The van der Waals surface area contributed by atoms with E-state index in [4.69, 9.17) is 8.83 Å². The van der Waals surface area contributed by atoms with Gasteiger partial charge in [0.1, 0.15) is 22.3 Å². The summed E-state index contributed by atoms with van der Waals surface area (Å²) in [6, 6.07) is 155. The molecule has 0 saturated heterocycles. The van der Waals surface area contributed by atoms with Crippen molar-refractivity contribution in [1.82, 2.24) is 9.13 Å². The molecule has 23 rings (SSSR count). The Morgan fingerprint density at radius 3 is 1.19 bits per heavy atom. The second-order valence-electron chi connectivity index (χ2n) is 30.2. The highest BCUT2D eigenvalue weighted by Gasteiger charge is 2.25. The molecule has 0 radical (unpaired) electrons. The number of para-hydroxylation sites is 6. The van der Waals surface area contributed by atoms with Crippen LogP contribution in [0.2, 0.25) is 0 Å². The molecule has 0 fully saturated rings. The molecular weight excluding hydrogens is 1410 g/mol. The summed E-state index contributed by atoms with van der Waals surface area (Å²) in [4.78, 5) is 4.84. The molecule has 4 aromatic heterocycles. The van der Waals surface area contributed by atoms with Gasteiger partial charge in [-0.1, -0.05) is 279 Å². The van der Waals surface area contributed by atoms with Crippen molar-refractivity contribution >= 4 is 143 Å². The second kappa shape index (κ2) is 27.2. The third kappa shape index (κ3) is 11.0. The van der Waals surface area contributed by atoms with Crippen LogP contribution < -0.4 is 9.80 Å². The molecule has 0 bridgehead atoms. The summed E-state index contributed by atoms with van der Waals surface area (Å²) in [5, 5.41) is 14.1. The fraction of sp³-hybridized carbons (Fsp3) is 0. The summed E-state index contributed by atoms with van der Waals surface area (Å²) in [7, 11) is 0. The van der Waals surface area contributed by atoms with E-state index in [1.807, 2.05) is 12.1 Å². The summed E-state index contributed by atoms with van der Waals surface area (Å²) >= 11 is 0. The predicted molar refractivity (Wildman–Crippen MR) is 487 cm³/mol. The monoisotopic (exact) mass is 1480 g/mol. The van der Waals surface area contributed by atoms with Gasteiger partial charge in [-0.05, 0) is 228 Å². The number of hydrogen-bond donors (Lipinski definition) is 0. The van der Waals surface area contributed by atoms with E-state index in [1.165, 1.54) is 70.8 Å². The minimum Gasteiger partial charge on any atom is -0.456 e. The molecule has 0 N–H and O–H groups in total. The Morgan fingerprint density at radius 1 is 0.181 bits per heavy atom. The van der Waals surface area contributed by atoms with E-state index >= 15 is 0 Å². The lowest BCUT2D eigenvalue weighted by molar-refractivity contribution is 0.668. The first kappa shape index (κ1) is 66.3. The van der Waals surface area contributed by atoms with Crippen LogP contribution in [0.1, 0.15) is 0 Å². The fourth-order valence-corrected chi connectivity index (χ4v) is 18.4. The standard InChI is InChI=1S/C110H70N4O2/c1-2-24-71(25-3-1)72-52-54-74(55-53-72)88-34-6-12-44-100(88)112(82-29-19-27-77(66-82)90-43-23-51-108-110(90)97-41-11-17-49-106(97)116-108)84-31-21-33-86(70-84)114-103-47-15-9-39-95(103)99-67-78(59-63-104(99)114)98-68-79-64-75(58-62-87(79)91-35-4-5-36-92(91)98)73-56-60-80(61-57-73)111(81-28-18-26-76(65-81)89-42-22-50-107-109(89)96-40-10-16-48-105(96)115-107)83-30-20-32-85(69-83)113-101-45-13-7-37-93(101)94-38-8-14-46-102(94)113/h1-70H.